The van der Waals surface area contributed by atoms with Gasteiger partial charge in [-0.2, -0.15) is 0 Å². The molecule has 2 rings (SSSR count). The van der Waals surface area contributed by atoms with Gasteiger partial charge in [-0.05, 0) is 57.5 Å². The maximum atomic E-state index is 12.1. The molecule has 23 heavy (non-hydrogen) atoms. The molecule has 122 valence electrons. The molecule has 0 aliphatic heterocycles. The number of hydrogen-bond donors (Lipinski definition) is 2. The van der Waals surface area contributed by atoms with E-state index in [1.54, 1.807) is 19.4 Å². The number of hydrogen-bond acceptors (Lipinski definition) is 4. The lowest BCUT2D eigenvalue weighted by Gasteiger charge is -2.20. The Labute approximate surface area is 137 Å². The average molecular weight is 313 g/mol. The summed E-state index contributed by atoms with van der Waals surface area (Å²) in [5.74, 6) is 0.572. The molecule has 1 amide bonds. The maximum absolute atomic E-state index is 12.1. The van der Waals surface area contributed by atoms with Crippen LogP contribution in [-0.2, 0) is 0 Å². The SMILES string of the molecule is COc1ccc(C)cc1Nc1ccc(C(=O)NC(C)(C)C)nc1. The zero-order valence-corrected chi connectivity index (χ0v) is 14.2. The second kappa shape index (κ2) is 6.69. The first kappa shape index (κ1) is 16.8. The zero-order chi connectivity index (χ0) is 17.0. The maximum Gasteiger partial charge on any atom is 0.270 e. The Morgan fingerprint density at radius 2 is 1.91 bits per heavy atom. The van der Waals surface area contributed by atoms with Gasteiger partial charge < -0.3 is 15.4 Å². The van der Waals surface area contributed by atoms with Gasteiger partial charge in [0, 0.05) is 5.54 Å². The number of nitrogens with zero attached hydrogens (tertiary/aromatic N) is 1. The molecule has 5 nitrogen and oxygen atoms in total. The third kappa shape index (κ3) is 4.71. The number of benzene rings is 1. The van der Waals surface area contributed by atoms with Gasteiger partial charge in [0.2, 0.25) is 0 Å². The molecule has 0 unspecified atom stereocenters. The van der Waals surface area contributed by atoms with Gasteiger partial charge in [0.25, 0.3) is 5.91 Å². The number of anilines is 2. The van der Waals surface area contributed by atoms with E-state index >= 15 is 0 Å². The van der Waals surface area contributed by atoms with E-state index in [0.717, 1.165) is 22.7 Å². The first-order valence-corrected chi connectivity index (χ1v) is 7.49. The first-order valence-electron chi connectivity index (χ1n) is 7.49. The van der Waals surface area contributed by atoms with Crippen LogP contribution in [0.5, 0.6) is 5.75 Å². The third-order valence-corrected chi connectivity index (χ3v) is 3.12. The molecule has 5 heteroatoms. The molecular weight excluding hydrogens is 290 g/mol. The molecule has 0 fully saturated rings. The molecule has 1 heterocycles. The van der Waals surface area contributed by atoms with Gasteiger partial charge >= 0.3 is 0 Å². The summed E-state index contributed by atoms with van der Waals surface area (Å²) in [5, 5.41) is 6.15. The Hall–Kier alpha value is -2.56. The second-order valence-electron chi connectivity index (χ2n) is 6.46. The number of carbonyl (C=O) groups is 1. The predicted octanol–water partition coefficient (Wildman–Crippen LogP) is 3.67. The Bertz CT molecular complexity index is 688. The van der Waals surface area contributed by atoms with Crippen LogP contribution in [0.25, 0.3) is 0 Å². The number of ether oxygens (including phenoxy) is 1. The minimum atomic E-state index is -0.287. The molecule has 0 bridgehead atoms. The molecule has 0 spiro atoms. The van der Waals surface area contributed by atoms with Crippen molar-refractivity contribution in [2.45, 2.75) is 33.2 Å². The van der Waals surface area contributed by atoms with Crippen LogP contribution < -0.4 is 15.4 Å². The lowest BCUT2D eigenvalue weighted by atomic mass is 10.1. The Balaban J connectivity index is 2.14. The minimum Gasteiger partial charge on any atom is -0.495 e. The summed E-state index contributed by atoms with van der Waals surface area (Å²) >= 11 is 0. The Morgan fingerprint density at radius 1 is 1.17 bits per heavy atom. The standard InChI is InChI=1S/C18H23N3O2/c1-12-6-9-16(23-5)15(10-12)20-13-7-8-14(19-11-13)17(22)21-18(2,3)4/h6-11,20H,1-5H3,(H,21,22). The van der Waals surface area contributed by atoms with E-state index < -0.39 is 0 Å². The van der Waals surface area contributed by atoms with Crippen molar-refractivity contribution in [2.24, 2.45) is 0 Å². The van der Waals surface area contributed by atoms with Crippen LogP contribution in [0.3, 0.4) is 0 Å². The largest absolute Gasteiger partial charge is 0.495 e. The molecule has 2 aromatic rings. The minimum absolute atomic E-state index is 0.183. The molecule has 0 saturated carbocycles. The van der Waals surface area contributed by atoms with E-state index in [1.165, 1.54) is 0 Å². The number of carbonyl (C=O) groups excluding carboxylic acids is 1. The van der Waals surface area contributed by atoms with Crippen molar-refractivity contribution < 1.29 is 9.53 Å². The van der Waals surface area contributed by atoms with Crippen LogP contribution >= 0.6 is 0 Å². The normalized spacial score (nSPS) is 11.0. The molecule has 0 aliphatic carbocycles. The topological polar surface area (TPSA) is 63.2 Å². The average Bonchev–Trinajstić information content (AvgIpc) is 2.46. The molecule has 0 atom stereocenters. The summed E-state index contributed by atoms with van der Waals surface area (Å²) in [7, 11) is 1.63. The molecule has 1 aromatic heterocycles. The van der Waals surface area contributed by atoms with E-state index in [2.05, 4.69) is 15.6 Å². The fourth-order valence-corrected chi connectivity index (χ4v) is 2.08. The highest BCUT2D eigenvalue weighted by Gasteiger charge is 2.16. The summed E-state index contributed by atoms with van der Waals surface area (Å²) in [6.07, 6.45) is 1.64. The fourth-order valence-electron chi connectivity index (χ4n) is 2.08. The number of amides is 1. The number of rotatable bonds is 4. The van der Waals surface area contributed by atoms with Gasteiger partial charge in [0.1, 0.15) is 11.4 Å². The van der Waals surface area contributed by atoms with E-state index in [9.17, 15) is 4.79 Å². The second-order valence-corrected chi connectivity index (χ2v) is 6.46. The van der Waals surface area contributed by atoms with Gasteiger partial charge in [-0.1, -0.05) is 6.07 Å². The van der Waals surface area contributed by atoms with Crippen molar-refractivity contribution >= 4 is 17.3 Å². The molecule has 2 N–H and O–H groups in total. The van der Waals surface area contributed by atoms with Gasteiger partial charge in [0.15, 0.2) is 0 Å². The van der Waals surface area contributed by atoms with Crippen molar-refractivity contribution in [3.05, 3.63) is 47.8 Å². The summed E-state index contributed by atoms with van der Waals surface area (Å²) < 4.78 is 5.34. The predicted molar refractivity (Wildman–Crippen MR) is 92.5 cm³/mol. The van der Waals surface area contributed by atoms with Crippen molar-refractivity contribution in [1.82, 2.24) is 10.3 Å². The van der Waals surface area contributed by atoms with E-state index in [1.807, 2.05) is 52.0 Å². The van der Waals surface area contributed by atoms with Crippen molar-refractivity contribution in [1.29, 1.82) is 0 Å². The van der Waals surface area contributed by atoms with Gasteiger partial charge in [-0.25, -0.2) is 4.98 Å². The zero-order valence-electron chi connectivity index (χ0n) is 14.2. The molecular formula is C18H23N3O2. The molecule has 1 aromatic carbocycles. The quantitative estimate of drug-likeness (QED) is 0.904. The number of aromatic nitrogens is 1. The number of aryl methyl sites for hydroxylation is 1. The van der Waals surface area contributed by atoms with Crippen molar-refractivity contribution in [3.63, 3.8) is 0 Å². The number of nitrogens with one attached hydrogen (secondary N) is 2. The van der Waals surface area contributed by atoms with Crippen LogP contribution in [0, 0.1) is 6.92 Å². The summed E-state index contributed by atoms with van der Waals surface area (Å²) in [5.41, 5.74) is 2.89. The van der Waals surface area contributed by atoms with Crippen LogP contribution in [0.15, 0.2) is 36.5 Å². The van der Waals surface area contributed by atoms with Crippen LogP contribution in [0.4, 0.5) is 11.4 Å². The monoisotopic (exact) mass is 313 g/mol. The van der Waals surface area contributed by atoms with E-state index in [4.69, 9.17) is 4.74 Å². The van der Waals surface area contributed by atoms with Crippen LogP contribution in [-0.4, -0.2) is 23.5 Å². The molecule has 0 saturated heterocycles. The number of methoxy groups -OCH3 is 1. The first-order chi connectivity index (χ1) is 10.8. The highest BCUT2D eigenvalue weighted by molar-refractivity contribution is 5.93. The van der Waals surface area contributed by atoms with Crippen molar-refractivity contribution in [2.75, 3.05) is 12.4 Å². The van der Waals surface area contributed by atoms with Gasteiger partial charge in [-0.3, -0.25) is 4.79 Å². The van der Waals surface area contributed by atoms with E-state index in [-0.39, 0.29) is 11.4 Å². The van der Waals surface area contributed by atoms with Gasteiger partial charge in [-0.15, -0.1) is 0 Å². The third-order valence-electron chi connectivity index (χ3n) is 3.12. The van der Waals surface area contributed by atoms with Crippen molar-refractivity contribution in [3.8, 4) is 5.75 Å². The van der Waals surface area contributed by atoms with Crippen LogP contribution in [0.2, 0.25) is 0 Å². The lowest BCUT2D eigenvalue weighted by Crippen LogP contribution is -2.40. The Kier molecular flexibility index (Phi) is 4.89. The fraction of sp³-hybridized carbons (Fsp3) is 0.333. The Morgan fingerprint density at radius 3 is 2.48 bits per heavy atom. The summed E-state index contributed by atoms with van der Waals surface area (Å²) in [4.78, 5) is 16.3. The van der Waals surface area contributed by atoms with Crippen LogP contribution in [0.1, 0.15) is 36.8 Å². The summed E-state index contributed by atoms with van der Waals surface area (Å²) in [6, 6.07) is 9.43. The van der Waals surface area contributed by atoms with E-state index in [0.29, 0.717) is 5.69 Å². The van der Waals surface area contributed by atoms with Gasteiger partial charge in [0.05, 0.1) is 24.7 Å². The molecule has 0 aliphatic rings. The highest BCUT2D eigenvalue weighted by atomic mass is 16.5. The smallest absolute Gasteiger partial charge is 0.270 e. The number of pyridine rings is 1. The molecule has 0 radical (unpaired) electrons. The highest BCUT2D eigenvalue weighted by Crippen LogP contribution is 2.28. The summed E-state index contributed by atoms with van der Waals surface area (Å²) in [6.45, 7) is 7.82. The lowest BCUT2D eigenvalue weighted by molar-refractivity contribution is 0.0914.